The first-order valence-electron chi connectivity index (χ1n) is 8.17. The first kappa shape index (κ1) is 16.9. The summed E-state index contributed by atoms with van der Waals surface area (Å²) in [4.78, 5) is 23.2. The standard InChI is InChI=1S/C18H21BrN4O/c1-12-5-7-23(8-6-12)17-10-16(20-11-21-17)18(24)22-15-4-3-14(19)9-13(15)2/h3-4,9-12H,5-8H2,1-2H3,(H,22,24). The normalized spacial score (nSPS) is 15.4. The molecule has 1 fully saturated rings. The Kier molecular flexibility index (Phi) is 5.14. The van der Waals surface area contributed by atoms with Gasteiger partial charge in [-0.2, -0.15) is 0 Å². The lowest BCUT2D eigenvalue weighted by atomic mass is 9.99. The van der Waals surface area contributed by atoms with Crippen LogP contribution in [0.5, 0.6) is 0 Å². The van der Waals surface area contributed by atoms with Gasteiger partial charge in [-0.1, -0.05) is 22.9 Å². The van der Waals surface area contributed by atoms with Crippen LogP contribution >= 0.6 is 15.9 Å². The molecule has 0 unspecified atom stereocenters. The molecule has 0 bridgehead atoms. The van der Waals surface area contributed by atoms with E-state index in [1.54, 1.807) is 6.07 Å². The number of aryl methyl sites for hydroxylation is 1. The third kappa shape index (κ3) is 3.93. The van der Waals surface area contributed by atoms with Crippen LogP contribution < -0.4 is 10.2 Å². The number of nitrogens with one attached hydrogen (secondary N) is 1. The smallest absolute Gasteiger partial charge is 0.274 e. The van der Waals surface area contributed by atoms with Crippen molar-refractivity contribution in [2.75, 3.05) is 23.3 Å². The summed E-state index contributed by atoms with van der Waals surface area (Å²) in [6, 6.07) is 7.53. The first-order valence-corrected chi connectivity index (χ1v) is 8.97. The second kappa shape index (κ2) is 7.30. The van der Waals surface area contributed by atoms with Gasteiger partial charge in [0, 0.05) is 29.3 Å². The zero-order chi connectivity index (χ0) is 17.1. The van der Waals surface area contributed by atoms with Gasteiger partial charge in [0.25, 0.3) is 5.91 Å². The molecule has 0 spiro atoms. The minimum Gasteiger partial charge on any atom is -0.356 e. The third-order valence-electron chi connectivity index (χ3n) is 4.43. The lowest BCUT2D eigenvalue weighted by molar-refractivity contribution is 0.102. The second-order valence-corrected chi connectivity index (χ2v) is 7.26. The molecule has 2 heterocycles. The minimum atomic E-state index is -0.213. The molecule has 126 valence electrons. The summed E-state index contributed by atoms with van der Waals surface area (Å²) in [6.07, 6.45) is 3.78. The van der Waals surface area contributed by atoms with Crippen molar-refractivity contribution >= 4 is 33.3 Å². The van der Waals surface area contributed by atoms with E-state index < -0.39 is 0 Å². The van der Waals surface area contributed by atoms with Crippen LogP contribution in [0.3, 0.4) is 0 Å². The number of halogens is 1. The number of hydrogen-bond acceptors (Lipinski definition) is 4. The van der Waals surface area contributed by atoms with Crippen LogP contribution in [0, 0.1) is 12.8 Å². The highest BCUT2D eigenvalue weighted by Crippen LogP contribution is 2.23. The molecular weight excluding hydrogens is 368 g/mol. The average molecular weight is 389 g/mol. The van der Waals surface area contributed by atoms with E-state index in [0.29, 0.717) is 5.69 Å². The summed E-state index contributed by atoms with van der Waals surface area (Å²) in [5.41, 5.74) is 2.17. The average Bonchev–Trinajstić information content (AvgIpc) is 2.58. The third-order valence-corrected chi connectivity index (χ3v) is 4.92. The van der Waals surface area contributed by atoms with Crippen molar-refractivity contribution in [1.29, 1.82) is 0 Å². The Morgan fingerprint density at radius 1 is 1.25 bits per heavy atom. The Hall–Kier alpha value is -1.95. The van der Waals surface area contributed by atoms with Gasteiger partial charge in [0.1, 0.15) is 17.8 Å². The topological polar surface area (TPSA) is 58.1 Å². The summed E-state index contributed by atoms with van der Waals surface area (Å²) in [5.74, 6) is 1.37. The van der Waals surface area contributed by atoms with E-state index in [-0.39, 0.29) is 5.91 Å². The molecule has 1 N–H and O–H groups in total. The van der Waals surface area contributed by atoms with Gasteiger partial charge in [-0.15, -0.1) is 0 Å². The number of hydrogen-bond donors (Lipinski definition) is 1. The van der Waals surface area contributed by atoms with E-state index in [1.807, 2.05) is 25.1 Å². The van der Waals surface area contributed by atoms with Crippen LogP contribution in [-0.4, -0.2) is 29.0 Å². The lowest BCUT2D eigenvalue weighted by Gasteiger charge is -2.31. The van der Waals surface area contributed by atoms with Gasteiger partial charge >= 0.3 is 0 Å². The molecule has 0 aliphatic carbocycles. The summed E-state index contributed by atoms with van der Waals surface area (Å²) in [7, 11) is 0. The number of anilines is 2. The lowest BCUT2D eigenvalue weighted by Crippen LogP contribution is -2.33. The zero-order valence-electron chi connectivity index (χ0n) is 13.9. The molecular formula is C18H21BrN4O. The molecule has 1 aromatic heterocycles. The molecule has 6 heteroatoms. The number of benzene rings is 1. The van der Waals surface area contributed by atoms with Gasteiger partial charge in [0.15, 0.2) is 0 Å². The Morgan fingerprint density at radius 3 is 2.71 bits per heavy atom. The van der Waals surface area contributed by atoms with Crippen molar-refractivity contribution < 1.29 is 4.79 Å². The van der Waals surface area contributed by atoms with E-state index in [1.165, 1.54) is 6.33 Å². The maximum absolute atomic E-state index is 12.5. The van der Waals surface area contributed by atoms with Gasteiger partial charge in [0.2, 0.25) is 0 Å². The zero-order valence-corrected chi connectivity index (χ0v) is 15.5. The number of amides is 1. The highest BCUT2D eigenvalue weighted by molar-refractivity contribution is 9.10. The molecule has 1 saturated heterocycles. The monoisotopic (exact) mass is 388 g/mol. The maximum atomic E-state index is 12.5. The SMILES string of the molecule is Cc1cc(Br)ccc1NC(=O)c1cc(N2CCC(C)CC2)ncn1. The van der Waals surface area contributed by atoms with Gasteiger partial charge in [-0.05, 0) is 49.4 Å². The number of carbonyl (C=O) groups is 1. The Morgan fingerprint density at radius 2 is 2.00 bits per heavy atom. The number of nitrogens with zero attached hydrogens (tertiary/aromatic N) is 3. The Labute approximate surface area is 150 Å². The fourth-order valence-electron chi connectivity index (χ4n) is 2.84. The summed E-state index contributed by atoms with van der Waals surface area (Å²) in [6.45, 7) is 6.19. The van der Waals surface area contributed by atoms with Crippen molar-refractivity contribution in [2.24, 2.45) is 5.92 Å². The Balaban J connectivity index is 1.74. The molecule has 24 heavy (non-hydrogen) atoms. The van der Waals surface area contributed by atoms with Crippen molar-refractivity contribution in [3.63, 3.8) is 0 Å². The van der Waals surface area contributed by atoms with Crippen molar-refractivity contribution in [3.8, 4) is 0 Å². The predicted octanol–water partition coefficient (Wildman–Crippen LogP) is 4.04. The molecule has 2 aromatic rings. The maximum Gasteiger partial charge on any atom is 0.274 e. The number of aromatic nitrogens is 2. The van der Waals surface area contributed by atoms with Crippen LogP contribution in [0.1, 0.15) is 35.8 Å². The molecule has 1 aromatic carbocycles. The van der Waals surface area contributed by atoms with E-state index in [9.17, 15) is 4.79 Å². The molecule has 1 aliphatic heterocycles. The van der Waals surface area contributed by atoms with E-state index in [4.69, 9.17) is 0 Å². The van der Waals surface area contributed by atoms with Crippen LogP contribution in [0.15, 0.2) is 35.1 Å². The van der Waals surface area contributed by atoms with E-state index >= 15 is 0 Å². The molecule has 5 nitrogen and oxygen atoms in total. The van der Waals surface area contributed by atoms with Crippen LogP contribution in [0.2, 0.25) is 0 Å². The summed E-state index contributed by atoms with van der Waals surface area (Å²) < 4.78 is 0.988. The minimum absolute atomic E-state index is 0.213. The second-order valence-electron chi connectivity index (χ2n) is 6.34. The predicted molar refractivity (Wildman–Crippen MR) is 99.5 cm³/mol. The van der Waals surface area contributed by atoms with Gasteiger partial charge in [-0.3, -0.25) is 4.79 Å². The van der Waals surface area contributed by atoms with Crippen molar-refractivity contribution in [2.45, 2.75) is 26.7 Å². The quantitative estimate of drug-likeness (QED) is 0.861. The fraction of sp³-hybridized carbons (Fsp3) is 0.389. The molecule has 0 radical (unpaired) electrons. The van der Waals surface area contributed by atoms with E-state index in [2.05, 4.69) is 43.0 Å². The highest BCUT2D eigenvalue weighted by atomic mass is 79.9. The van der Waals surface area contributed by atoms with Crippen molar-refractivity contribution in [3.05, 3.63) is 46.3 Å². The van der Waals surface area contributed by atoms with Gasteiger partial charge in [0.05, 0.1) is 0 Å². The number of rotatable bonds is 3. The van der Waals surface area contributed by atoms with E-state index in [0.717, 1.165) is 53.4 Å². The largest absolute Gasteiger partial charge is 0.356 e. The summed E-state index contributed by atoms with van der Waals surface area (Å²) in [5, 5.41) is 2.92. The van der Waals surface area contributed by atoms with Crippen molar-refractivity contribution in [1.82, 2.24) is 9.97 Å². The van der Waals surface area contributed by atoms with Gasteiger partial charge < -0.3 is 10.2 Å². The molecule has 0 saturated carbocycles. The fourth-order valence-corrected chi connectivity index (χ4v) is 3.31. The number of carbonyl (C=O) groups excluding carboxylic acids is 1. The molecule has 1 amide bonds. The van der Waals surface area contributed by atoms with Crippen LogP contribution in [-0.2, 0) is 0 Å². The van der Waals surface area contributed by atoms with Crippen LogP contribution in [0.4, 0.5) is 11.5 Å². The molecule has 3 rings (SSSR count). The molecule has 1 aliphatic rings. The van der Waals surface area contributed by atoms with Crippen LogP contribution in [0.25, 0.3) is 0 Å². The Bertz CT molecular complexity index is 742. The number of piperidine rings is 1. The molecule has 0 atom stereocenters. The first-order chi connectivity index (χ1) is 11.5. The highest BCUT2D eigenvalue weighted by Gasteiger charge is 2.18. The van der Waals surface area contributed by atoms with Gasteiger partial charge in [-0.25, -0.2) is 9.97 Å². The summed E-state index contributed by atoms with van der Waals surface area (Å²) >= 11 is 3.43.